The van der Waals surface area contributed by atoms with Crippen LogP contribution >= 0.6 is 0 Å². The predicted octanol–water partition coefficient (Wildman–Crippen LogP) is 3.47. The zero-order chi connectivity index (χ0) is 14.9. The molecule has 2 nitrogen and oxygen atoms in total. The molecular weight excluding hydrogens is 267 g/mol. The van der Waals surface area contributed by atoms with Gasteiger partial charge in [-0.25, -0.2) is 13.2 Å². The van der Waals surface area contributed by atoms with Crippen molar-refractivity contribution in [1.82, 2.24) is 0 Å². The van der Waals surface area contributed by atoms with Crippen molar-refractivity contribution in [2.24, 2.45) is 5.73 Å². The summed E-state index contributed by atoms with van der Waals surface area (Å²) in [6.07, 6.45) is 0. The highest BCUT2D eigenvalue weighted by molar-refractivity contribution is 5.38. The van der Waals surface area contributed by atoms with E-state index in [2.05, 4.69) is 0 Å². The molecule has 1 unspecified atom stereocenters. The number of hydrogen-bond acceptors (Lipinski definition) is 2. The monoisotopic (exact) mass is 281 g/mol. The number of benzene rings is 2. The first kappa shape index (κ1) is 14.4. The largest absolute Gasteiger partial charge is 0.494 e. The van der Waals surface area contributed by atoms with Crippen LogP contribution in [0.3, 0.4) is 0 Å². The van der Waals surface area contributed by atoms with Gasteiger partial charge in [-0.05, 0) is 42.3 Å². The van der Waals surface area contributed by atoms with Gasteiger partial charge in [0.25, 0.3) is 0 Å². The van der Waals surface area contributed by atoms with Crippen LogP contribution < -0.4 is 10.5 Å². The average Bonchev–Trinajstić information content (AvgIpc) is 2.42. The minimum atomic E-state index is -0.953. The zero-order valence-electron chi connectivity index (χ0n) is 11.1. The maximum absolute atomic E-state index is 13.8. The molecular formula is C15H14F3NO. The first-order valence-corrected chi connectivity index (χ1v) is 5.98. The lowest BCUT2D eigenvalue weighted by Crippen LogP contribution is -2.14. The second kappa shape index (κ2) is 5.54. The highest BCUT2D eigenvalue weighted by atomic mass is 19.1. The van der Waals surface area contributed by atoms with E-state index in [0.29, 0.717) is 5.56 Å². The van der Waals surface area contributed by atoms with Crippen LogP contribution in [0.5, 0.6) is 5.75 Å². The summed E-state index contributed by atoms with van der Waals surface area (Å²) >= 11 is 0. The van der Waals surface area contributed by atoms with Crippen molar-refractivity contribution in [1.29, 1.82) is 0 Å². The molecule has 0 amide bonds. The summed E-state index contributed by atoms with van der Waals surface area (Å²) in [6, 6.07) is 5.23. The standard InChI is InChI=1S/C15H14F3NO/c1-8-5-12(17)10(7-11(8)16)15(19)9-3-4-14(20-2)13(18)6-9/h3-7,15H,19H2,1-2H3. The first-order valence-electron chi connectivity index (χ1n) is 5.98. The van der Waals surface area contributed by atoms with Crippen LogP contribution in [-0.4, -0.2) is 7.11 Å². The average molecular weight is 281 g/mol. The van der Waals surface area contributed by atoms with Crippen molar-refractivity contribution >= 4 is 0 Å². The van der Waals surface area contributed by atoms with Gasteiger partial charge in [-0.3, -0.25) is 0 Å². The van der Waals surface area contributed by atoms with E-state index in [1.807, 2.05) is 0 Å². The summed E-state index contributed by atoms with van der Waals surface area (Å²) in [5.41, 5.74) is 6.40. The van der Waals surface area contributed by atoms with Crippen LogP contribution in [0.4, 0.5) is 13.2 Å². The van der Waals surface area contributed by atoms with Gasteiger partial charge in [0, 0.05) is 5.56 Å². The van der Waals surface area contributed by atoms with Gasteiger partial charge < -0.3 is 10.5 Å². The quantitative estimate of drug-likeness (QED) is 0.935. The van der Waals surface area contributed by atoms with Crippen LogP contribution in [0.15, 0.2) is 30.3 Å². The number of nitrogens with two attached hydrogens (primary N) is 1. The van der Waals surface area contributed by atoms with Crippen molar-refractivity contribution < 1.29 is 17.9 Å². The highest BCUT2D eigenvalue weighted by Crippen LogP contribution is 2.27. The number of halogens is 3. The van der Waals surface area contributed by atoms with Crippen LogP contribution in [0.25, 0.3) is 0 Å². The lowest BCUT2D eigenvalue weighted by atomic mass is 9.97. The number of aryl methyl sites for hydroxylation is 1. The van der Waals surface area contributed by atoms with Crippen LogP contribution in [-0.2, 0) is 0 Å². The van der Waals surface area contributed by atoms with Gasteiger partial charge >= 0.3 is 0 Å². The van der Waals surface area contributed by atoms with Crippen molar-refractivity contribution in [3.63, 3.8) is 0 Å². The molecule has 0 aliphatic carbocycles. The topological polar surface area (TPSA) is 35.2 Å². The van der Waals surface area contributed by atoms with E-state index >= 15 is 0 Å². The molecule has 2 aromatic rings. The summed E-state index contributed by atoms with van der Waals surface area (Å²) in [7, 11) is 1.34. The summed E-state index contributed by atoms with van der Waals surface area (Å²) in [6.45, 7) is 1.46. The fourth-order valence-corrected chi connectivity index (χ4v) is 1.96. The normalized spacial score (nSPS) is 12.3. The van der Waals surface area contributed by atoms with E-state index in [4.69, 9.17) is 10.5 Å². The molecule has 0 aliphatic heterocycles. The molecule has 0 aliphatic rings. The number of rotatable bonds is 3. The van der Waals surface area contributed by atoms with Crippen molar-refractivity contribution in [2.45, 2.75) is 13.0 Å². The van der Waals surface area contributed by atoms with E-state index in [0.717, 1.165) is 18.2 Å². The molecule has 2 aromatic carbocycles. The van der Waals surface area contributed by atoms with Crippen molar-refractivity contribution in [3.8, 4) is 5.75 Å². The Labute approximate surface area is 115 Å². The minimum absolute atomic E-state index is 0.0160. The van der Waals surface area contributed by atoms with Crippen molar-refractivity contribution in [3.05, 3.63) is 64.5 Å². The molecule has 0 spiro atoms. The summed E-state index contributed by atoms with van der Waals surface area (Å²) < 4.78 is 45.8. The molecule has 0 radical (unpaired) electrons. The third-order valence-electron chi connectivity index (χ3n) is 3.15. The van der Waals surface area contributed by atoms with Gasteiger partial charge in [0.15, 0.2) is 11.6 Å². The second-order valence-electron chi connectivity index (χ2n) is 4.49. The lowest BCUT2D eigenvalue weighted by Gasteiger charge is -2.15. The Morgan fingerprint density at radius 1 is 1.00 bits per heavy atom. The predicted molar refractivity (Wildman–Crippen MR) is 70.1 cm³/mol. The van der Waals surface area contributed by atoms with Gasteiger partial charge in [-0.15, -0.1) is 0 Å². The van der Waals surface area contributed by atoms with Crippen LogP contribution in [0.1, 0.15) is 22.7 Å². The molecule has 5 heteroatoms. The van der Waals surface area contributed by atoms with Crippen LogP contribution in [0, 0.1) is 24.4 Å². The van der Waals surface area contributed by atoms with E-state index in [-0.39, 0.29) is 16.9 Å². The Morgan fingerprint density at radius 2 is 1.70 bits per heavy atom. The Morgan fingerprint density at radius 3 is 2.30 bits per heavy atom. The Bertz CT molecular complexity index is 643. The summed E-state index contributed by atoms with van der Waals surface area (Å²) in [4.78, 5) is 0. The maximum atomic E-state index is 13.8. The maximum Gasteiger partial charge on any atom is 0.165 e. The van der Waals surface area contributed by atoms with Crippen molar-refractivity contribution in [2.75, 3.05) is 7.11 Å². The van der Waals surface area contributed by atoms with E-state index in [1.165, 1.54) is 26.2 Å². The highest BCUT2D eigenvalue weighted by Gasteiger charge is 2.17. The molecule has 20 heavy (non-hydrogen) atoms. The Hall–Kier alpha value is -2.01. The Balaban J connectivity index is 2.43. The fourth-order valence-electron chi connectivity index (χ4n) is 1.96. The smallest absolute Gasteiger partial charge is 0.165 e. The number of ether oxygens (including phenoxy) is 1. The molecule has 0 saturated heterocycles. The Kier molecular flexibility index (Phi) is 3.99. The number of methoxy groups -OCH3 is 1. The second-order valence-corrected chi connectivity index (χ2v) is 4.49. The van der Waals surface area contributed by atoms with E-state index < -0.39 is 23.5 Å². The van der Waals surface area contributed by atoms with E-state index in [9.17, 15) is 13.2 Å². The molecule has 106 valence electrons. The fraction of sp³-hybridized carbons (Fsp3) is 0.200. The third kappa shape index (κ3) is 2.63. The molecule has 0 bridgehead atoms. The van der Waals surface area contributed by atoms with Gasteiger partial charge in [-0.2, -0.15) is 0 Å². The van der Waals surface area contributed by atoms with Gasteiger partial charge in [0.2, 0.25) is 0 Å². The third-order valence-corrected chi connectivity index (χ3v) is 3.15. The molecule has 2 N–H and O–H groups in total. The van der Waals surface area contributed by atoms with Gasteiger partial charge in [-0.1, -0.05) is 6.07 Å². The molecule has 0 aromatic heterocycles. The molecule has 2 rings (SSSR count). The molecule has 1 atom stereocenters. The summed E-state index contributed by atoms with van der Waals surface area (Å²) in [5, 5.41) is 0. The summed E-state index contributed by atoms with van der Waals surface area (Å²) in [5.74, 6) is -1.71. The van der Waals surface area contributed by atoms with E-state index in [1.54, 1.807) is 0 Å². The van der Waals surface area contributed by atoms with Crippen LogP contribution in [0.2, 0.25) is 0 Å². The molecule has 0 heterocycles. The molecule has 0 fully saturated rings. The number of hydrogen-bond donors (Lipinski definition) is 1. The minimum Gasteiger partial charge on any atom is -0.494 e. The first-order chi connectivity index (χ1) is 9.43. The lowest BCUT2D eigenvalue weighted by molar-refractivity contribution is 0.386. The van der Waals surface area contributed by atoms with Gasteiger partial charge in [0.05, 0.1) is 13.2 Å². The SMILES string of the molecule is COc1ccc(C(N)c2cc(F)c(C)cc2F)cc1F. The zero-order valence-corrected chi connectivity index (χ0v) is 11.1. The molecule has 0 saturated carbocycles. The van der Waals surface area contributed by atoms with Gasteiger partial charge in [0.1, 0.15) is 11.6 Å².